The van der Waals surface area contributed by atoms with Crippen LogP contribution in [0.2, 0.25) is 0 Å². The average Bonchev–Trinajstić information content (AvgIpc) is 1.98. The highest BCUT2D eigenvalue weighted by Gasteiger charge is 2.19. The van der Waals surface area contributed by atoms with Crippen LogP contribution in [0.4, 0.5) is 4.39 Å². The molecule has 4 nitrogen and oxygen atoms in total. The third-order valence-electron chi connectivity index (χ3n) is 1.54. The number of halogens is 1. The van der Waals surface area contributed by atoms with Gasteiger partial charge in [-0.15, -0.1) is 0 Å². The Kier molecular flexibility index (Phi) is 4.25. The van der Waals surface area contributed by atoms with Gasteiger partial charge in [-0.05, 0) is 12.8 Å². The maximum Gasteiger partial charge on any atom is 0.338 e. The van der Waals surface area contributed by atoms with Crippen molar-refractivity contribution >= 4 is 11.9 Å². The van der Waals surface area contributed by atoms with Gasteiger partial charge in [-0.3, -0.25) is 4.79 Å². The molecule has 0 heterocycles. The first-order valence-electron chi connectivity index (χ1n) is 3.54. The molecule has 2 N–H and O–H groups in total. The molecule has 2 atom stereocenters. The molecule has 0 aromatic carbocycles. The fourth-order valence-electron chi connectivity index (χ4n) is 0.643. The van der Waals surface area contributed by atoms with E-state index >= 15 is 0 Å². The molecular weight excluding hydrogens is 167 g/mol. The molecule has 0 fully saturated rings. The fourth-order valence-corrected chi connectivity index (χ4v) is 0.643. The van der Waals surface area contributed by atoms with Crippen molar-refractivity contribution < 1.29 is 24.2 Å². The zero-order valence-electron chi connectivity index (χ0n) is 6.66. The molecule has 5 heteroatoms. The van der Waals surface area contributed by atoms with Gasteiger partial charge in [-0.2, -0.15) is 0 Å². The molecule has 0 rings (SSSR count). The van der Waals surface area contributed by atoms with E-state index in [1.165, 1.54) is 6.92 Å². The molecular formula is C7H11FO4. The molecule has 0 aromatic heterocycles. The third kappa shape index (κ3) is 3.90. The normalized spacial score (nSPS) is 15.2. The van der Waals surface area contributed by atoms with Crippen LogP contribution in [0.3, 0.4) is 0 Å². The molecule has 0 spiro atoms. The van der Waals surface area contributed by atoms with E-state index in [0.717, 1.165) is 0 Å². The molecule has 0 saturated carbocycles. The summed E-state index contributed by atoms with van der Waals surface area (Å²) in [6.45, 7) is 1.41. The van der Waals surface area contributed by atoms with Crippen molar-refractivity contribution in [1.82, 2.24) is 0 Å². The van der Waals surface area contributed by atoms with E-state index in [1.807, 2.05) is 0 Å². The highest BCUT2D eigenvalue weighted by atomic mass is 19.1. The molecule has 0 amide bonds. The molecule has 12 heavy (non-hydrogen) atoms. The predicted molar refractivity (Wildman–Crippen MR) is 38.6 cm³/mol. The number of hydrogen-bond acceptors (Lipinski definition) is 2. The summed E-state index contributed by atoms with van der Waals surface area (Å²) in [6, 6.07) is 0. The molecule has 0 saturated heterocycles. The lowest BCUT2D eigenvalue weighted by Crippen LogP contribution is -2.17. The minimum absolute atomic E-state index is 0.0444. The molecule has 1 unspecified atom stereocenters. The number of carbonyl (C=O) groups is 2. The van der Waals surface area contributed by atoms with Crippen LogP contribution in [-0.2, 0) is 9.59 Å². The minimum Gasteiger partial charge on any atom is -0.481 e. The van der Waals surface area contributed by atoms with Crippen LogP contribution >= 0.6 is 0 Å². The van der Waals surface area contributed by atoms with E-state index in [0.29, 0.717) is 0 Å². The summed E-state index contributed by atoms with van der Waals surface area (Å²) in [5.74, 6) is -3.26. The molecule has 0 aliphatic carbocycles. The van der Waals surface area contributed by atoms with Gasteiger partial charge in [0.1, 0.15) is 0 Å². The first kappa shape index (κ1) is 10.9. The van der Waals surface area contributed by atoms with Crippen LogP contribution in [0.15, 0.2) is 0 Å². The Morgan fingerprint density at radius 2 is 1.75 bits per heavy atom. The van der Waals surface area contributed by atoms with Crippen LogP contribution in [-0.4, -0.2) is 28.3 Å². The van der Waals surface area contributed by atoms with Crippen molar-refractivity contribution in [2.45, 2.75) is 25.9 Å². The van der Waals surface area contributed by atoms with E-state index in [-0.39, 0.29) is 12.8 Å². The minimum atomic E-state index is -1.95. The second-order valence-corrected chi connectivity index (χ2v) is 2.62. The second kappa shape index (κ2) is 4.69. The molecule has 70 valence electrons. The van der Waals surface area contributed by atoms with Gasteiger partial charge >= 0.3 is 11.9 Å². The van der Waals surface area contributed by atoms with Gasteiger partial charge < -0.3 is 10.2 Å². The van der Waals surface area contributed by atoms with Gasteiger partial charge in [-0.1, -0.05) is 6.92 Å². The quantitative estimate of drug-likeness (QED) is 0.656. The number of aliphatic carboxylic acids is 2. The van der Waals surface area contributed by atoms with Crippen LogP contribution < -0.4 is 0 Å². The zero-order valence-corrected chi connectivity index (χ0v) is 6.66. The maximum atomic E-state index is 12.4. The van der Waals surface area contributed by atoms with E-state index in [9.17, 15) is 14.0 Å². The van der Waals surface area contributed by atoms with Crippen LogP contribution in [0.1, 0.15) is 19.8 Å². The predicted octanol–water partition coefficient (Wildman–Crippen LogP) is 0.910. The van der Waals surface area contributed by atoms with E-state index in [2.05, 4.69) is 0 Å². The highest BCUT2D eigenvalue weighted by Crippen LogP contribution is 2.10. The second-order valence-electron chi connectivity index (χ2n) is 2.62. The Bertz CT molecular complexity index is 160. The number of carboxylic acid groups (broad SMARTS) is 2. The maximum absolute atomic E-state index is 12.4. The summed E-state index contributed by atoms with van der Waals surface area (Å²) in [7, 11) is 0. The summed E-state index contributed by atoms with van der Waals surface area (Å²) in [5.41, 5.74) is 0. The first-order valence-corrected chi connectivity index (χ1v) is 3.54. The fraction of sp³-hybridized carbons (Fsp3) is 0.714. The van der Waals surface area contributed by atoms with Crippen molar-refractivity contribution in [2.75, 3.05) is 0 Å². The summed E-state index contributed by atoms with van der Waals surface area (Å²) in [6.07, 6.45) is -2.15. The van der Waals surface area contributed by atoms with Gasteiger partial charge in [-0.25, -0.2) is 9.18 Å². The summed E-state index contributed by atoms with van der Waals surface area (Å²) in [4.78, 5) is 20.2. The Morgan fingerprint density at radius 1 is 1.25 bits per heavy atom. The molecule has 0 radical (unpaired) electrons. The Morgan fingerprint density at radius 3 is 2.08 bits per heavy atom. The molecule has 0 bridgehead atoms. The van der Waals surface area contributed by atoms with Gasteiger partial charge in [0.05, 0.1) is 5.92 Å². The standard InChI is InChI=1S/C7H11FO4/c1-4(6(9)10)2-3-5(8)7(11)12/h4-5H,2-3H2,1H3,(H,9,10)(H,11,12)/t4?,5-/m0/s1. The largest absolute Gasteiger partial charge is 0.481 e. The van der Waals surface area contributed by atoms with Crippen molar-refractivity contribution in [2.24, 2.45) is 5.92 Å². The zero-order chi connectivity index (χ0) is 9.72. The van der Waals surface area contributed by atoms with Crippen LogP contribution in [0, 0.1) is 5.92 Å². The molecule has 0 aliphatic rings. The van der Waals surface area contributed by atoms with Crippen molar-refractivity contribution in [3.63, 3.8) is 0 Å². The van der Waals surface area contributed by atoms with Gasteiger partial charge in [0, 0.05) is 0 Å². The SMILES string of the molecule is CC(CC[C@H](F)C(=O)O)C(=O)O. The van der Waals surface area contributed by atoms with Crippen molar-refractivity contribution in [1.29, 1.82) is 0 Å². The molecule has 0 aliphatic heterocycles. The molecule has 0 aromatic rings. The number of carboxylic acids is 2. The van der Waals surface area contributed by atoms with E-state index in [4.69, 9.17) is 10.2 Å². The first-order chi connectivity index (χ1) is 5.45. The summed E-state index contributed by atoms with van der Waals surface area (Å²) < 4.78 is 12.4. The van der Waals surface area contributed by atoms with Crippen molar-refractivity contribution in [3.8, 4) is 0 Å². The lowest BCUT2D eigenvalue weighted by molar-refractivity contribution is -0.145. The van der Waals surface area contributed by atoms with Gasteiger partial charge in [0.15, 0.2) is 6.17 Å². The average molecular weight is 178 g/mol. The lowest BCUT2D eigenvalue weighted by Gasteiger charge is -2.05. The van der Waals surface area contributed by atoms with Crippen LogP contribution in [0.5, 0.6) is 0 Å². The van der Waals surface area contributed by atoms with E-state index < -0.39 is 24.0 Å². The van der Waals surface area contributed by atoms with E-state index in [1.54, 1.807) is 0 Å². The Labute approximate surface area is 69.0 Å². The third-order valence-corrected chi connectivity index (χ3v) is 1.54. The number of hydrogen-bond donors (Lipinski definition) is 2. The van der Waals surface area contributed by atoms with Gasteiger partial charge in [0.25, 0.3) is 0 Å². The van der Waals surface area contributed by atoms with Gasteiger partial charge in [0.2, 0.25) is 0 Å². The Hall–Kier alpha value is -1.13. The summed E-state index contributed by atoms with van der Waals surface area (Å²) in [5, 5.41) is 16.5. The Balaban J connectivity index is 3.68. The smallest absolute Gasteiger partial charge is 0.338 e. The van der Waals surface area contributed by atoms with Crippen molar-refractivity contribution in [3.05, 3.63) is 0 Å². The topological polar surface area (TPSA) is 74.6 Å². The highest BCUT2D eigenvalue weighted by molar-refractivity contribution is 5.72. The lowest BCUT2D eigenvalue weighted by atomic mass is 10.0. The monoisotopic (exact) mass is 178 g/mol. The summed E-state index contributed by atoms with van der Waals surface area (Å²) >= 11 is 0. The number of rotatable bonds is 5. The number of alkyl halides is 1. The van der Waals surface area contributed by atoms with Crippen LogP contribution in [0.25, 0.3) is 0 Å².